The molecular weight excluding hydrogens is 510 g/mol. The third-order valence-corrected chi connectivity index (χ3v) is 5.62. The lowest BCUT2D eigenvalue weighted by atomic mass is 10.1. The number of hydrogen-bond acceptors (Lipinski definition) is 9. The number of ether oxygens (including phenoxy) is 1. The molecule has 0 fully saturated rings. The number of hydrogen-bond donors (Lipinski definition) is 2. The Kier molecular flexibility index (Phi) is 10.2. The van der Waals surface area contributed by atoms with E-state index in [1.807, 2.05) is 54.2 Å². The molecule has 2 aromatic carbocycles. The van der Waals surface area contributed by atoms with Crippen LogP contribution in [0.1, 0.15) is 11.1 Å². The van der Waals surface area contributed by atoms with Gasteiger partial charge in [0.25, 0.3) is 0 Å². The molecule has 3 rings (SSSR count). The number of aliphatic carboxylic acids is 1. The van der Waals surface area contributed by atoms with E-state index >= 15 is 0 Å². The number of nitrogens with zero attached hydrogens (tertiary/aromatic N) is 6. The standard InChI is InChI=1S/C26H32ClN7O4/c1-32(2)14-15-34(17-19-8-6-5-7-9-19)25-30-23(27)29-24(31-25)28-21(22(35)36)16-18-10-12-20(13-11-18)38-26(37)33(3)4/h5-13,21H,14-17H2,1-4H3,(H,35,36)(H,28,29,30,31)/t21-/m0/s1. The summed E-state index contributed by atoms with van der Waals surface area (Å²) in [6, 6.07) is 15.5. The van der Waals surface area contributed by atoms with Gasteiger partial charge in [-0.1, -0.05) is 42.5 Å². The molecule has 0 saturated heterocycles. The number of halogens is 1. The lowest BCUT2D eigenvalue weighted by Crippen LogP contribution is -2.34. The highest BCUT2D eigenvalue weighted by molar-refractivity contribution is 6.28. The van der Waals surface area contributed by atoms with Crippen molar-refractivity contribution >= 4 is 35.6 Å². The van der Waals surface area contributed by atoms with Crippen LogP contribution < -0.4 is 15.0 Å². The summed E-state index contributed by atoms with van der Waals surface area (Å²) < 4.78 is 5.21. The number of likely N-dealkylation sites (N-methyl/N-ethyl adjacent to an activating group) is 1. The molecule has 0 bridgehead atoms. The quantitative estimate of drug-likeness (QED) is 0.353. The first kappa shape index (κ1) is 28.6. The highest BCUT2D eigenvalue weighted by Crippen LogP contribution is 2.19. The number of carbonyl (C=O) groups is 2. The predicted molar refractivity (Wildman–Crippen MR) is 146 cm³/mol. The van der Waals surface area contributed by atoms with Gasteiger partial charge in [-0.3, -0.25) is 0 Å². The van der Waals surface area contributed by atoms with Gasteiger partial charge < -0.3 is 29.9 Å². The van der Waals surface area contributed by atoms with Crippen molar-refractivity contribution in [3.8, 4) is 5.75 Å². The van der Waals surface area contributed by atoms with E-state index in [1.54, 1.807) is 38.4 Å². The normalized spacial score (nSPS) is 11.6. The van der Waals surface area contributed by atoms with Gasteiger partial charge in [0.2, 0.25) is 17.2 Å². The highest BCUT2D eigenvalue weighted by Gasteiger charge is 2.21. The molecule has 0 aliphatic rings. The fraction of sp³-hybridized carbons (Fsp3) is 0.346. The van der Waals surface area contributed by atoms with Crippen LogP contribution in [-0.2, 0) is 17.8 Å². The molecule has 0 aliphatic heterocycles. The zero-order valence-electron chi connectivity index (χ0n) is 21.8. The number of rotatable bonds is 12. The predicted octanol–water partition coefficient (Wildman–Crippen LogP) is 3.26. The van der Waals surface area contributed by atoms with Crippen molar-refractivity contribution in [2.45, 2.75) is 19.0 Å². The molecule has 0 unspecified atom stereocenters. The van der Waals surface area contributed by atoms with Gasteiger partial charge in [-0.25, -0.2) is 9.59 Å². The molecule has 0 saturated carbocycles. The van der Waals surface area contributed by atoms with Crippen molar-refractivity contribution in [2.75, 3.05) is 51.5 Å². The Hall–Kier alpha value is -3.96. The zero-order valence-corrected chi connectivity index (χ0v) is 22.6. The summed E-state index contributed by atoms with van der Waals surface area (Å²) in [5, 5.41) is 12.7. The highest BCUT2D eigenvalue weighted by atomic mass is 35.5. The topological polar surface area (TPSA) is 124 Å². The monoisotopic (exact) mass is 541 g/mol. The Balaban J connectivity index is 1.77. The number of carbonyl (C=O) groups excluding carboxylic acids is 1. The summed E-state index contributed by atoms with van der Waals surface area (Å²) >= 11 is 6.23. The molecule has 1 amide bonds. The van der Waals surface area contributed by atoms with E-state index in [1.165, 1.54) is 4.90 Å². The minimum absolute atomic E-state index is 0.0448. The lowest BCUT2D eigenvalue weighted by molar-refractivity contribution is -0.137. The second-order valence-corrected chi connectivity index (χ2v) is 9.42. The third-order valence-electron chi connectivity index (χ3n) is 5.45. The largest absolute Gasteiger partial charge is 0.480 e. The first-order chi connectivity index (χ1) is 18.1. The third kappa shape index (κ3) is 8.86. The Bertz CT molecular complexity index is 1210. The molecule has 11 nitrogen and oxygen atoms in total. The van der Waals surface area contributed by atoms with Crippen LogP contribution in [0.3, 0.4) is 0 Å². The number of amides is 1. The Morgan fingerprint density at radius 1 is 0.947 bits per heavy atom. The van der Waals surface area contributed by atoms with Gasteiger partial charge in [-0.2, -0.15) is 15.0 Å². The maximum atomic E-state index is 12.1. The number of nitrogens with one attached hydrogen (secondary N) is 1. The molecule has 0 spiro atoms. The van der Waals surface area contributed by atoms with Gasteiger partial charge in [0.05, 0.1) is 0 Å². The summed E-state index contributed by atoms with van der Waals surface area (Å²) in [6.07, 6.45) is -0.373. The molecule has 38 heavy (non-hydrogen) atoms. The van der Waals surface area contributed by atoms with Crippen molar-refractivity contribution in [1.82, 2.24) is 24.8 Å². The van der Waals surface area contributed by atoms with E-state index in [0.29, 0.717) is 30.4 Å². The van der Waals surface area contributed by atoms with E-state index in [2.05, 4.69) is 20.3 Å². The molecule has 2 N–H and O–H groups in total. The van der Waals surface area contributed by atoms with Crippen molar-refractivity contribution in [1.29, 1.82) is 0 Å². The summed E-state index contributed by atoms with van der Waals surface area (Å²) in [5.41, 5.74) is 1.78. The van der Waals surface area contributed by atoms with E-state index < -0.39 is 18.1 Å². The lowest BCUT2D eigenvalue weighted by Gasteiger charge is -2.25. The fourth-order valence-corrected chi connectivity index (χ4v) is 3.55. The Labute approximate surface area is 227 Å². The van der Waals surface area contributed by atoms with Crippen LogP contribution in [0.2, 0.25) is 5.28 Å². The summed E-state index contributed by atoms with van der Waals surface area (Å²) in [5.74, 6) is -0.321. The average molecular weight is 542 g/mol. The van der Waals surface area contributed by atoms with Crippen molar-refractivity contribution in [2.24, 2.45) is 0 Å². The molecule has 12 heteroatoms. The summed E-state index contributed by atoms with van der Waals surface area (Å²) in [4.78, 5) is 42.0. The molecule has 1 atom stereocenters. The molecule has 202 valence electrons. The number of carboxylic acid groups (broad SMARTS) is 1. The van der Waals surface area contributed by atoms with Gasteiger partial charge in [-0.15, -0.1) is 0 Å². The van der Waals surface area contributed by atoms with Crippen molar-refractivity contribution in [3.05, 3.63) is 71.0 Å². The molecule has 1 aromatic heterocycles. The van der Waals surface area contributed by atoms with Crippen molar-refractivity contribution < 1.29 is 19.4 Å². The van der Waals surface area contributed by atoms with Crippen molar-refractivity contribution in [3.63, 3.8) is 0 Å². The molecule has 3 aromatic rings. The van der Waals surface area contributed by atoms with Crippen LogP contribution >= 0.6 is 11.6 Å². The Morgan fingerprint density at radius 3 is 2.24 bits per heavy atom. The van der Waals surface area contributed by atoms with Gasteiger partial charge in [0.15, 0.2) is 0 Å². The summed E-state index contributed by atoms with van der Waals surface area (Å²) in [6.45, 7) is 1.91. The number of carboxylic acids is 1. The van der Waals surface area contributed by atoms with E-state index in [-0.39, 0.29) is 17.7 Å². The van der Waals surface area contributed by atoms with Gasteiger partial charge in [-0.05, 0) is 49.0 Å². The van der Waals surface area contributed by atoms with E-state index in [0.717, 1.165) is 12.1 Å². The van der Waals surface area contributed by atoms with Crippen LogP contribution in [0, 0.1) is 0 Å². The number of aromatic nitrogens is 3. The maximum Gasteiger partial charge on any atom is 0.414 e. The van der Waals surface area contributed by atoms with E-state index in [9.17, 15) is 14.7 Å². The zero-order chi connectivity index (χ0) is 27.7. The second kappa shape index (κ2) is 13.5. The van der Waals surface area contributed by atoms with Crippen LogP contribution in [-0.4, -0.2) is 89.2 Å². The molecular formula is C26H32ClN7O4. The molecule has 1 heterocycles. The molecule has 0 radical (unpaired) electrons. The van der Waals surface area contributed by atoms with Gasteiger partial charge in [0.1, 0.15) is 11.8 Å². The Morgan fingerprint density at radius 2 is 1.63 bits per heavy atom. The SMILES string of the molecule is CN(C)CCN(Cc1ccccc1)c1nc(Cl)nc(N[C@@H](Cc2ccc(OC(=O)N(C)C)cc2)C(=O)O)n1. The van der Waals surface area contributed by atoms with Gasteiger partial charge in [0, 0.05) is 40.2 Å². The molecule has 0 aliphatic carbocycles. The summed E-state index contributed by atoms with van der Waals surface area (Å²) in [7, 11) is 7.12. The van der Waals surface area contributed by atoms with Crippen LogP contribution in [0.5, 0.6) is 5.75 Å². The maximum absolute atomic E-state index is 12.1. The smallest absolute Gasteiger partial charge is 0.414 e. The first-order valence-corrected chi connectivity index (χ1v) is 12.3. The second-order valence-electron chi connectivity index (χ2n) is 9.08. The minimum atomic E-state index is -1.08. The number of anilines is 2. The average Bonchev–Trinajstić information content (AvgIpc) is 2.87. The van der Waals surface area contributed by atoms with Crippen LogP contribution in [0.25, 0.3) is 0 Å². The van der Waals surface area contributed by atoms with Crippen LogP contribution in [0.15, 0.2) is 54.6 Å². The van der Waals surface area contributed by atoms with Gasteiger partial charge >= 0.3 is 12.1 Å². The number of benzene rings is 2. The first-order valence-electron chi connectivity index (χ1n) is 11.9. The minimum Gasteiger partial charge on any atom is -0.480 e. The fourth-order valence-electron chi connectivity index (χ4n) is 3.40. The van der Waals surface area contributed by atoms with Crippen LogP contribution in [0.4, 0.5) is 16.7 Å². The van der Waals surface area contributed by atoms with E-state index in [4.69, 9.17) is 16.3 Å².